The first-order chi connectivity index (χ1) is 8.59. The molecular formula is C15H15F2N. The minimum atomic E-state index is -0.291. The Morgan fingerprint density at radius 2 is 1.72 bits per heavy atom. The first-order valence-electron chi connectivity index (χ1n) is 5.85. The van der Waals surface area contributed by atoms with Crippen molar-refractivity contribution in [3.05, 3.63) is 65.2 Å². The van der Waals surface area contributed by atoms with Crippen molar-refractivity contribution in [1.29, 1.82) is 0 Å². The largest absolute Gasteiger partial charge is 0.376 e. The molecule has 2 rings (SSSR count). The van der Waals surface area contributed by atoms with Gasteiger partial charge in [-0.05, 0) is 31.5 Å². The quantitative estimate of drug-likeness (QED) is 0.845. The summed E-state index contributed by atoms with van der Waals surface area (Å²) in [6, 6.07) is 11.3. The van der Waals surface area contributed by atoms with E-state index in [1.165, 1.54) is 6.07 Å². The number of halogens is 2. The van der Waals surface area contributed by atoms with Crippen LogP contribution < -0.4 is 5.32 Å². The third-order valence-electron chi connectivity index (χ3n) is 2.94. The maximum Gasteiger partial charge on any atom is 0.149 e. The van der Waals surface area contributed by atoms with Crippen molar-refractivity contribution in [2.75, 3.05) is 5.32 Å². The van der Waals surface area contributed by atoms with Gasteiger partial charge >= 0.3 is 0 Å². The number of benzene rings is 2. The summed E-state index contributed by atoms with van der Waals surface area (Å²) in [5.74, 6) is -0.578. The summed E-state index contributed by atoms with van der Waals surface area (Å²) in [6.07, 6.45) is 0. The Bertz CT molecular complexity index is 552. The monoisotopic (exact) mass is 247 g/mol. The minimum Gasteiger partial charge on any atom is -0.376 e. The molecule has 0 saturated heterocycles. The third-order valence-corrected chi connectivity index (χ3v) is 2.94. The highest BCUT2D eigenvalue weighted by molar-refractivity contribution is 5.49. The van der Waals surface area contributed by atoms with E-state index in [0.717, 1.165) is 0 Å². The SMILES string of the molecule is Cc1cccc(NC(C)c2ccccc2F)c1F. The average Bonchev–Trinajstić information content (AvgIpc) is 2.35. The molecule has 2 aromatic rings. The van der Waals surface area contributed by atoms with E-state index in [1.54, 1.807) is 50.2 Å². The van der Waals surface area contributed by atoms with Crippen LogP contribution in [0, 0.1) is 18.6 Å². The van der Waals surface area contributed by atoms with Crippen molar-refractivity contribution in [2.45, 2.75) is 19.9 Å². The summed E-state index contributed by atoms with van der Waals surface area (Å²) in [5.41, 5.74) is 1.49. The molecule has 0 aliphatic rings. The van der Waals surface area contributed by atoms with E-state index >= 15 is 0 Å². The van der Waals surface area contributed by atoms with Crippen LogP contribution in [0.25, 0.3) is 0 Å². The number of hydrogen-bond donors (Lipinski definition) is 1. The van der Waals surface area contributed by atoms with E-state index in [1.807, 2.05) is 0 Å². The summed E-state index contributed by atoms with van der Waals surface area (Å²) < 4.78 is 27.4. The van der Waals surface area contributed by atoms with Crippen LogP contribution in [0.15, 0.2) is 42.5 Å². The molecular weight excluding hydrogens is 232 g/mol. The number of nitrogens with one attached hydrogen (secondary N) is 1. The molecule has 1 atom stereocenters. The summed E-state index contributed by atoms with van der Waals surface area (Å²) in [4.78, 5) is 0. The van der Waals surface area contributed by atoms with E-state index in [0.29, 0.717) is 16.8 Å². The van der Waals surface area contributed by atoms with Gasteiger partial charge in [-0.2, -0.15) is 0 Å². The lowest BCUT2D eigenvalue weighted by Gasteiger charge is -2.17. The minimum absolute atomic E-state index is 0.287. The standard InChI is InChI=1S/C15H15F2N/c1-10-6-5-9-14(15(10)17)18-11(2)12-7-3-4-8-13(12)16/h3-9,11,18H,1-2H3. The van der Waals surface area contributed by atoms with Gasteiger partial charge in [0, 0.05) is 5.56 Å². The Hall–Kier alpha value is -1.90. The maximum atomic E-state index is 13.8. The van der Waals surface area contributed by atoms with Crippen LogP contribution >= 0.6 is 0 Å². The predicted molar refractivity (Wildman–Crippen MR) is 69.6 cm³/mol. The highest BCUT2D eigenvalue weighted by Crippen LogP contribution is 2.24. The number of rotatable bonds is 3. The van der Waals surface area contributed by atoms with Crippen LogP contribution in [0.3, 0.4) is 0 Å². The van der Waals surface area contributed by atoms with Crippen molar-refractivity contribution in [1.82, 2.24) is 0 Å². The molecule has 1 N–H and O–H groups in total. The fourth-order valence-electron chi connectivity index (χ4n) is 1.90. The Balaban J connectivity index is 2.24. The van der Waals surface area contributed by atoms with Gasteiger partial charge in [0.2, 0.25) is 0 Å². The number of aryl methyl sites for hydroxylation is 1. The second-order valence-corrected chi connectivity index (χ2v) is 4.32. The smallest absolute Gasteiger partial charge is 0.149 e. The van der Waals surface area contributed by atoms with E-state index in [-0.39, 0.29) is 17.7 Å². The van der Waals surface area contributed by atoms with Gasteiger partial charge in [-0.1, -0.05) is 30.3 Å². The molecule has 2 aromatic carbocycles. The summed E-state index contributed by atoms with van der Waals surface area (Å²) >= 11 is 0. The lowest BCUT2D eigenvalue weighted by atomic mass is 10.1. The van der Waals surface area contributed by atoms with Gasteiger partial charge in [-0.3, -0.25) is 0 Å². The first-order valence-corrected chi connectivity index (χ1v) is 5.85. The van der Waals surface area contributed by atoms with E-state index in [9.17, 15) is 8.78 Å². The van der Waals surface area contributed by atoms with E-state index in [2.05, 4.69) is 5.32 Å². The molecule has 0 radical (unpaired) electrons. The van der Waals surface area contributed by atoms with E-state index in [4.69, 9.17) is 0 Å². The molecule has 0 aromatic heterocycles. The molecule has 0 aliphatic heterocycles. The summed E-state index contributed by atoms with van der Waals surface area (Å²) in [7, 11) is 0. The first kappa shape index (κ1) is 12.6. The number of hydrogen-bond acceptors (Lipinski definition) is 1. The van der Waals surface area contributed by atoms with Gasteiger partial charge in [-0.15, -0.1) is 0 Å². The molecule has 3 heteroatoms. The number of anilines is 1. The normalized spacial score (nSPS) is 12.2. The van der Waals surface area contributed by atoms with Crippen LogP contribution in [0.1, 0.15) is 24.1 Å². The highest BCUT2D eigenvalue weighted by atomic mass is 19.1. The van der Waals surface area contributed by atoms with Crippen LogP contribution in [0.2, 0.25) is 0 Å². The lowest BCUT2D eigenvalue weighted by molar-refractivity contribution is 0.595. The van der Waals surface area contributed by atoms with Crippen molar-refractivity contribution >= 4 is 5.69 Å². The maximum absolute atomic E-state index is 13.8. The molecule has 0 bridgehead atoms. The third kappa shape index (κ3) is 2.50. The van der Waals surface area contributed by atoms with Gasteiger partial charge < -0.3 is 5.32 Å². The zero-order valence-corrected chi connectivity index (χ0v) is 10.4. The Kier molecular flexibility index (Phi) is 3.60. The highest BCUT2D eigenvalue weighted by Gasteiger charge is 2.12. The van der Waals surface area contributed by atoms with Gasteiger partial charge in [0.25, 0.3) is 0 Å². The molecule has 0 aliphatic carbocycles. The van der Waals surface area contributed by atoms with E-state index < -0.39 is 0 Å². The van der Waals surface area contributed by atoms with Crippen molar-refractivity contribution < 1.29 is 8.78 Å². The molecule has 0 fully saturated rings. The Morgan fingerprint density at radius 1 is 1.00 bits per heavy atom. The molecule has 18 heavy (non-hydrogen) atoms. The summed E-state index contributed by atoms with van der Waals surface area (Å²) in [5, 5.41) is 2.99. The molecule has 0 heterocycles. The van der Waals surface area contributed by atoms with Crippen LogP contribution in [-0.2, 0) is 0 Å². The predicted octanol–water partition coefficient (Wildman–Crippen LogP) is 4.45. The zero-order chi connectivity index (χ0) is 13.1. The topological polar surface area (TPSA) is 12.0 Å². The molecule has 94 valence electrons. The van der Waals surface area contributed by atoms with Gasteiger partial charge in [0.15, 0.2) is 0 Å². The van der Waals surface area contributed by atoms with Gasteiger partial charge in [0.1, 0.15) is 11.6 Å². The molecule has 0 saturated carbocycles. The summed E-state index contributed by atoms with van der Waals surface area (Å²) in [6.45, 7) is 3.51. The van der Waals surface area contributed by atoms with Crippen LogP contribution in [0.4, 0.5) is 14.5 Å². The molecule has 0 spiro atoms. The molecule has 1 unspecified atom stereocenters. The van der Waals surface area contributed by atoms with Crippen molar-refractivity contribution in [3.8, 4) is 0 Å². The Morgan fingerprint density at radius 3 is 2.44 bits per heavy atom. The second kappa shape index (κ2) is 5.17. The van der Waals surface area contributed by atoms with Crippen LogP contribution in [-0.4, -0.2) is 0 Å². The van der Waals surface area contributed by atoms with Crippen molar-refractivity contribution in [3.63, 3.8) is 0 Å². The fraction of sp³-hybridized carbons (Fsp3) is 0.200. The fourth-order valence-corrected chi connectivity index (χ4v) is 1.90. The lowest BCUT2D eigenvalue weighted by Crippen LogP contribution is -2.10. The average molecular weight is 247 g/mol. The van der Waals surface area contributed by atoms with Crippen LogP contribution in [0.5, 0.6) is 0 Å². The van der Waals surface area contributed by atoms with Crippen molar-refractivity contribution in [2.24, 2.45) is 0 Å². The second-order valence-electron chi connectivity index (χ2n) is 4.32. The molecule has 1 nitrogen and oxygen atoms in total. The zero-order valence-electron chi connectivity index (χ0n) is 10.4. The van der Waals surface area contributed by atoms with Gasteiger partial charge in [0.05, 0.1) is 11.7 Å². The Labute approximate surface area is 105 Å². The molecule has 0 amide bonds. The van der Waals surface area contributed by atoms with Gasteiger partial charge in [-0.25, -0.2) is 8.78 Å².